The summed E-state index contributed by atoms with van der Waals surface area (Å²) < 4.78 is 7.99. The van der Waals surface area contributed by atoms with Crippen molar-refractivity contribution in [3.05, 3.63) is 59.5 Å². The molecule has 2 aromatic carbocycles. The largest absolute Gasteiger partial charge is 0.506 e. The first-order valence-electron chi connectivity index (χ1n) is 8.49. The predicted octanol–water partition coefficient (Wildman–Crippen LogP) is 4.71. The number of benzene rings is 2. The summed E-state index contributed by atoms with van der Waals surface area (Å²) in [5.41, 5.74) is 3.05. The highest BCUT2D eigenvalue weighted by molar-refractivity contribution is 9.10. The first-order chi connectivity index (χ1) is 13.0. The molecule has 27 heavy (non-hydrogen) atoms. The van der Waals surface area contributed by atoms with Crippen LogP contribution in [0, 0.1) is 0 Å². The van der Waals surface area contributed by atoms with Crippen molar-refractivity contribution in [2.24, 2.45) is 0 Å². The minimum absolute atomic E-state index is 0.00287. The maximum absolute atomic E-state index is 10.8. The molecule has 0 amide bonds. The van der Waals surface area contributed by atoms with Gasteiger partial charge in [-0.3, -0.25) is 4.40 Å². The second kappa shape index (κ2) is 7.00. The number of phenols is 1. The number of fused-ring (bicyclic) bond motifs is 1. The van der Waals surface area contributed by atoms with Gasteiger partial charge in [0.15, 0.2) is 0 Å². The Morgan fingerprint density at radius 3 is 2.59 bits per heavy atom. The van der Waals surface area contributed by atoms with E-state index in [0.717, 1.165) is 11.1 Å². The molecule has 4 aromatic rings. The second-order valence-corrected chi connectivity index (χ2v) is 7.14. The number of halogens is 1. The molecule has 2 aromatic heterocycles. The Morgan fingerprint density at radius 2 is 1.85 bits per heavy atom. The summed E-state index contributed by atoms with van der Waals surface area (Å²) in [7, 11) is 0. The summed E-state index contributed by atoms with van der Waals surface area (Å²) in [5, 5.41) is 18.8. The van der Waals surface area contributed by atoms with Crippen LogP contribution in [0.2, 0.25) is 0 Å². The van der Waals surface area contributed by atoms with Crippen molar-refractivity contribution in [3.8, 4) is 33.9 Å². The highest BCUT2D eigenvalue weighted by Gasteiger charge is 2.19. The van der Waals surface area contributed by atoms with Gasteiger partial charge in [0.25, 0.3) is 5.78 Å². The van der Waals surface area contributed by atoms with Crippen molar-refractivity contribution in [1.29, 1.82) is 0 Å². The lowest BCUT2D eigenvalue weighted by atomic mass is 10.00. The number of aromatic nitrogens is 4. The standard InChI is InChI=1S/C20H17BrN4O2/c1-12(2)27-16-9-8-14(19(26)17(16)21)18-15(13-6-4-3-5-7-13)10-25-11-22-24-20(25)23-18/h3-12,26H,1-2H3. The van der Waals surface area contributed by atoms with Gasteiger partial charge in [0, 0.05) is 17.3 Å². The number of rotatable bonds is 4. The van der Waals surface area contributed by atoms with Crippen molar-refractivity contribution in [1.82, 2.24) is 19.6 Å². The summed E-state index contributed by atoms with van der Waals surface area (Å²) in [6, 6.07) is 13.5. The molecular weight excluding hydrogens is 408 g/mol. The molecule has 2 heterocycles. The maximum atomic E-state index is 10.8. The van der Waals surface area contributed by atoms with Crippen molar-refractivity contribution < 1.29 is 9.84 Å². The molecule has 1 N–H and O–H groups in total. The third-order valence-corrected chi connectivity index (χ3v) is 4.84. The summed E-state index contributed by atoms with van der Waals surface area (Å²) in [5.74, 6) is 1.11. The number of phenolic OH excluding ortho intramolecular Hbond substituents is 1. The minimum atomic E-state index is -0.00287. The lowest BCUT2D eigenvalue weighted by Crippen LogP contribution is -2.06. The zero-order valence-electron chi connectivity index (χ0n) is 14.8. The van der Waals surface area contributed by atoms with Gasteiger partial charge in [-0.15, -0.1) is 10.2 Å². The zero-order valence-corrected chi connectivity index (χ0v) is 16.4. The smallest absolute Gasteiger partial charge is 0.255 e. The van der Waals surface area contributed by atoms with Crippen LogP contribution in [-0.4, -0.2) is 30.8 Å². The van der Waals surface area contributed by atoms with Gasteiger partial charge in [0.1, 0.15) is 22.3 Å². The highest BCUT2D eigenvalue weighted by Crippen LogP contribution is 2.43. The molecule has 0 saturated carbocycles. The Labute approximate surface area is 164 Å². The van der Waals surface area contributed by atoms with E-state index in [1.54, 1.807) is 16.8 Å². The molecule has 7 heteroatoms. The van der Waals surface area contributed by atoms with Gasteiger partial charge in [-0.25, -0.2) is 4.98 Å². The molecule has 0 atom stereocenters. The van der Waals surface area contributed by atoms with Crippen LogP contribution >= 0.6 is 15.9 Å². The normalized spacial score (nSPS) is 11.3. The topological polar surface area (TPSA) is 72.5 Å². The number of hydrogen-bond donors (Lipinski definition) is 1. The van der Waals surface area contributed by atoms with Crippen LogP contribution in [0.5, 0.6) is 11.5 Å². The average Bonchev–Trinajstić information content (AvgIpc) is 3.12. The number of aromatic hydroxyl groups is 1. The zero-order chi connectivity index (χ0) is 19.0. The molecule has 0 spiro atoms. The van der Waals surface area contributed by atoms with E-state index in [4.69, 9.17) is 4.74 Å². The van der Waals surface area contributed by atoms with Crippen LogP contribution in [0.4, 0.5) is 0 Å². The fraction of sp³-hybridized carbons (Fsp3) is 0.150. The molecule has 0 bridgehead atoms. The Hall–Kier alpha value is -2.93. The second-order valence-electron chi connectivity index (χ2n) is 6.35. The molecule has 0 aliphatic carbocycles. The van der Waals surface area contributed by atoms with Crippen molar-refractivity contribution >= 4 is 21.7 Å². The third-order valence-electron chi connectivity index (χ3n) is 4.07. The van der Waals surface area contributed by atoms with E-state index in [2.05, 4.69) is 31.1 Å². The highest BCUT2D eigenvalue weighted by atomic mass is 79.9. The molecule has 4 rings (SSSR count). The van der Waals surface area contributed by atoms with Gasteiger partial charge < -0.3 is 9.84 Å². The minimum Gasteiger partial charge on any atom is -0.506 e. The van der Waals surface area contributed by atoms with Crippen molar-refractivity contribution in [2.45, 2.75) is 20.0 Å². The molecule has 6 nitrogen and oxygen atoms in total. The molecular formula is C20H17BrN4O2. The molecule has 0 saturated heterocycles. The molecule has 0 radical (unpaired) electrons. The van der Waals surface area contributed by atoms with E-state index >= 15 is 0 Å². The summed E-state index contributed by atoms with van der Waals surface area (Å²) in [4.78, 5) is 4.64. The van der Waals surface area contributed by atoms with E-state index in [0.29, 0.717) is 27.3 Å². The fourth-order valence-electron chi connectivity index (χ4n) is 2.88. The Balaban J connectivity index is 1.94. The first-order valence-corrected chi connectivity index (χ1v) is 9.28. The summed E-state index contributed by atoms with van der Waals surface area (Å²) in [6.07, 6.45) is 3.52. The first kappa shape index (κ1) is 17.5. The molecule has 0 fully saturated rings. The number of ether oxygens (including phenoxy) is 1. The summed E-state index contributed by atoms with van der Waals surface area (Å²) in [6.45, 7) is 3.87. The molecule has 0 aliphatic heterocycles. The van der Waals surface area contributed by atoms with Gasteiger partial charge in [-0.2, -0.15) is 0 Å². The van der Waals surface area contributed by atoms with E-state index < -0.39 is 0 Å². The number of hydrogen-bond acceptors (Lipinski definition) is 5. The molecule has 0 aliphatic rings. The fourth-order valence-corrected chi connectivity index (χ4v) is 3.32. The van der Waals surface area contributed by atoms with E-state index in [9.17, 15) is 5.11 Å². The third kappa shape index (κ3) is 3.26. The SMILES string of the molecule is CC(C)Oc1ccc(-c2nc3nncn3cc2-c2ccccc2)c(O)c1Br. The Bertz CT molecular complexity index is 1110. The number of nitrogens with zero attached hydrogens (tertiary/aromatic N) is 4. The van der Waals surface area contributed by atoms with Crippen LogP contribution in [-0.2, 0) is 0 Å². The average molecular weight is 425 g/mol. The van der Waals surface area contributed by atoms with Gasteiger partial charge in [0.2, 0.25) is 0 Å². The van der Waals surface area contributed by atoms with Gasteiger partial charge >= 0.3 is 0 Å². The lowest BCUT2D eigenvalue weighted by molar-refractivity contribution is 0.239. The van der Waals surface area contributed by atoms with Crippen LogP contribution < -0.4 is 4.74 Å². The van der Waals surface area contributed by atoms with Gasteiger partial charge in [-0.05, 0) is 47.5 Å². The van der Waals surface area contributed by atoms with Crippen molar-refractivity contribution in [2.75, 3.05) is 0 Å². The predicted molar refractivity (Wildman–Crippen MR) is 107 cm³/mol. The van der Waals surface area contributed by atoms with Crippen LogP contribution in [0.25, 0.3) is 28.2 Å². The van der Waals surface area contributed by atoms with E-state index in [1.165, 1.54) is 0 Å². The van der Waals surface area contributed by atoms with Crippen LogP contribution in [0.3, 0.4) is 0 Å². The van der Waals surface area contributed by atoms with Gasteiger partial charge in [-0.1, -0.05) is 30.3 Å². The maximum Gasteiger partial charge on any atom is 0.255 e. The quantitative estimate of drug-likeness (QED) is 0.513. The van der Waals surface area contributed by atoms with E-state index in [1.807, 2.05) is 56.4 Å². The van der Waals surface area contributed by atoms with Crippen molar-refractivity contribution in [3.63, 3.8) is 0 Å². The Morgan fingerprint density at radius 1 is 1.07 bits per heavy atom. The molecule has 136 valence electrons. The Kier molecular flexibility index (Phi) is 4.53. The van der Waals surface area contributed by atoms with E-state index in [-0.39, 0.29) is 11.9 Å². The molecule has 0 unspecified atom stereocenters. The summed E-state index contributed by atoms with van der Waals surface area (Å²) >= 11 is 3.44. The van der Waals surface area contributed by atoms with Gasteiger partial charge in [0.05, 0.1) is 11.8 Å². The van der Waals surface area contributed by atoms with Crippen LogP contribution in [0.1, 0.15) is 13.8 Å². The monoisotopic (exact) mass is 424 g/mol. The lowest BCUT2D eigenvalue weighted by Gasteiger charge is -2.16. The van der Waals surface area contributed by atoms with Crippen LogP contribution in [0.15, 0.2) is 59.5 Å².